The Balaban J connectivity index is 2.16. The van der Waals surface area contributed by atoms with E-state index in [-0.39, 0.29) is 17.8 Å². The van der Waals surface area contributed by atoms with Crippen molar-refractivity contribution < 1.29 is 13.9 Å². The van der Waals surface area contributed by atoms with Crippen LogP contribution in [0, 0.1) is 5.82 Å². The maximum Gasteiger partial charge on any atom is 0.170 e. The molecule has 2 nitrogen and oxygen atoms in total. The summed E-state index contributed by atoms with van der Waals surface area (Å²) in [6.45, 7) is 2.54. The molecule has 0 fully saturated rings. The van der Waals surface area contributed by atoms with E-state index in [9.17, 15) is 9.18 Å². The van der Waals surface area contributed by atoms with Crippen LogP contribution in [0.1, 0.15) is 29.3 Å². The van der Waals surface area contributed by atoms with Gasteiger partial charge in [-0.25, -0.2) is 4.39 Å². The first-order valence-electron chi connectivity index (χ1n) is 6.70. The molecule has 0 spiro atoms. The molecule has 0 aliphatic carbocycles. The molecule has 20 heavy (non-hydrogen) atoms. The van der Waals surface area contributed by atoms with Crippen molar-refractivity contribution in [2.75, 3.05) is 6.61 Å². The molecule has 0 atom stereocenters. The summed E-state index contributed by atoms with van der Waals surface area (Å²) in [5.41, 5.74) is 0.958. The number of ether oxygens (including phenoxy) is 1. The molecule has 2 aromatic rings. The Morgan fingerprint density at radius 3 is 2.60 bits per heavy atom. The van der Waals surface area contributed by atoms with Gasteiger partial charge in [-0.1, -0.05) is 37.3 Å². The molecule has 0 radical (unpaired) electrons. The summed E-state index contributed by atoms with van der Waals surface area (Å²) in [5.74, 6) is -0.213. The first kappa shape index (κ1) is 14.3. The molecule has 0 unspecified atom stereocenters. The van der Waals surface area contributed by atoms with Crippen LogP contribution >= 0.6 is 0 Å². The molecule has 3 heteroatoms. The van der Waals surface area contributed by atoms with Crippen molar-refractivity contribution in [3.63, 3.8) is 0 Å². The van der Waals surface area contributed by atoms with Gasteiger partial charge in [0.2, 0.25) is 0 Å². The zero-order chi connectivity index (χ0) is 14.4. The maximum atomic E-state index is 13.8. The highest BCUT2D eigenvalue weighted by Gasteiger charge is 2.13. The van der Waals surface area contributed by atoms with Gasteiger partial charge in [0.05, 0.1) is 12.2 Å². The molecule has 2 rings (SSSR count). The SMILES string of the molecule is CCCOc1ccc(F)c(C(=O)Cc2ccccc2)c1. The minimum Gasteiger partial charge on any atom is -0.494 e. The second-order valence-electron chi connectivity index (χ2n) is 4.58. The lowest BCUT2D eigenvalue weighted by Crippen LogP contribution is -2.07. The van der Waals surface area contributed by atoms with Gasteiger partial charge in [-0.15, -0.1) is 0 Å². The largest absolute Gasteiger partial charge is 0.494 e. The van der Waals surface area contributed by atoms with Crippen LogP contribution in [0.25, 0.3) is 0 Å². The fourth-order valence-electron chi connectivity index (χ4n) is 1.90. The van der Waals surface area contributed by atoms with Gasteiger partial charge >= 0.3 is 0 Å². The van der Waals surface area contributed by atoms with Crippen LogP contribution in [0.4, 0.5) is 4.39 Å². The van der Waals surface area contributed by atoms with Crippen LogP contribution in [-0.4, -0.2) is 12.4 Å². The van der Waals surface area contributed by atoms with Crippen molar-refractivity contribution in [1.82, 2.24) is 0 Å². The van der Waals surface area contributed by atoms with Gasteiger partial charge in [-0.05, 0) is 30.2 Å². The van der Waals surface area contributed by atoms with Crippen LogP contribution in [0.5, 0.6) is 5.75 Å². The van der Waals surface area contributed by atoms with Gasteiger partial charge in [0.1, 0.15) is 11.6 Å². The van der Waals surface area contributed by atoms with Crippen molar-refractivity contribution >= 4 is 5.78 Å². The lowest BCUT2D eigenvalue weighted by molar-refractivity contribution is 0.0988. The fraction of sp³-hybridized carbons (Fsp3) is 0.235. The van der Waals surface area contributed by atoms with Crippen molar-refractivity contribution in [2.45, 2.75) is 19.8 Å². The van der Waals surface area contributed by atoms with Crippen molar-refractivity contribution in [2.24, 2.45) is 0 Å². The number of carbonyl (C=O) groups excluding carboxylic acids is 1. The van der Waals surface area contributed by atoms with E-state index < -0.39 is 5.82 Å². The smallest absolute Gasteiger partial charge is 0.170 e. The second-order valence-corrected chi connectivity index (χ2v) is 4.58. The Labute approximate surface area is 118 Å². The minimum absolute atomic E-state index is 0.0856. The topological polar surface area (TPSA) is 26.3 Å². The first-order chi connectivity index (χ1) is 9.70. The molecule has 0 heterocycles. The van der Waals surface area contributed by atoms with Crippen molar-refractivity contribution in [3.8, 4) is 5.75 Å². The molecule has 0 aliphatic rings. The average molecular weight is 272 g/mol. The summed E-state index contributed by atoms with van der Waals surface area (Å²) in [4.78, 5) is 12.2. The van der Waals surface area contributed by atoms with Gasteiger partial charge in [0, 0.05) is 6.42 Å². The highest BCUT2D eigenvalue weighted by Crippen LogP contribution is 2.19. The number of rotatable bonds is 6. The molecule has 0 saturated carbocycles. The molecule has 0 aromatic heterocycles. The van der Waals surface area contributed by atoms with E-state index in [4.69, 9.17) is 4.74 Å². The number of hydrogen-bond acceptors (Lipinski definition) is 2. The molecule has 104 valence electrons. The van der Waals surface area contributed by atoms with E-state index in [0.29, 0.717) is 12.4 Å². The second kappa shape index (κ2) is 6.85. The van der Waals surface area contributed by atoms with Gasteiger partial charge in [0.15, 0.2) is 5.78 Å². The van der Waals surface area contributed by atoms with E-state index >= 15 is 0 Å². The predicted octanol–water partition coefficient (Wildman–Crippen LogP) is 4.04. The molecule has 0 amide bonds. The summed E-state index contributed by atoms with van der Waals surface area (Å²) in [6, 6.07) is 13.6. The Morgan fingerprint density at radius 2 is 1.90 bits per heavy atom. The third kappa shape index (κ3) is 3.67. The summed E-state index contributed by atoms with van der Waals surface area (Å²) in [7, 11) is 0. The number of carbonyl (C=O) groups is 1. The predicted molar refractivity (Wildman–Crippen MR) is 76.7 cm³/mol. The molecule has 0 bridgehead atoms. The number of Topliss-reactive ketones (excluding diaryl/α,β-unsaturated/α-hetero) is 1. The summed E-state index contributed by atoms with van der Waals surface area (Å²) < 4.78 is 19.2. The number of hydrogen-bond donors (Lipinski definition) is 0. The fourth-order valence-corrected chi connectivity index (χ4v) is 1.90. The van der Waals surface area contributed by atoms with Gasteiger partial charge in [-0.3, -0.25) is 4.79 Å². The average Bonchev–Trinajstić information content (AvgIpc) is 2.47. The Morgan fingerprint density at radius 1 is 1.15 bits per heavy atom. The molecular weight excluding hydrogens is 255 g/mol. The van der Waals surface area contributed by atoms with E-state index in [1.54, 1.807) is 6.07 Å². The first-order valence-corrected chi connectivity index (χ1v) is 6.70. The van der Waals surface area contributed by atoms with Crippen LogP contribution < -0.4 is 4.74 Å². The summed E-state index contributed by atoms with van der Waals surface area (Å²) in [5, 5.41) is 0. The monoisotopic (exact) mass is 272 g/mol. The zero-order valence-electron chi connectivity index (χ0n) is 11.4. The van der Waals surface area contributed by atoms with Gasteiger partial charge in [-0.2, -0.15) is 0 Å². The van der Waals surface area contributed by atoms with Gasteiger partial charge < -0.3 is 4.74 Å². The zero-order valence-corrected chi connectivity index (χ0v) is 11.4. The van der Waals surface area contributed by atoms with Crippen LogP contribution in [0.15, 0.2) is 48.5 Å². The lowest BCUT2D eigenvalue weighted by Gasteiger charge is -2.08. The third-order valence-electron chi connectivity index (χ3n) is 2.92. The van der Waals surface area contributed by atoms with E-state index in [2.05, 4.69) is 0 Å². The van der Waals surface area contributed by atoms with E-state index in [1.165, 1.54) is 12.1 Å². The number of halogens is 1. The molecule has 2 aromatic carbocycles. The molecule has 0 saturated heterocycles. The summed E-state index contributed by atoms with van der Waals surface area (Å²) in [6.07, 6.45) is 1.06. The Hall–Kier alpha value is -2.16. The van der Waals surface area contributed by atoms with Crippen molar-refractivity contribution in [3.05, 3.63) is 65.5 Å². The van der Waals surface area contributed by atoms with Crippen LogP contribution in [0.2, 0.25) is 0 Å². The molecule has 0 N–H and O–H groups in total. The maximum absolute atomic E-state index is 13.8. The van der Waals surface area contributed by atoms with Crippen LogP contribution in [0.3, 0.4) is 0 Å². The highest BCUT2D eigenvalue weighted by atomic mass is 19.1. The number of ketones is 1. The van der Waals surface area contributed by atoms with Gasteiger partial charge in [0.25, 0.3) is 0 Å². The van der Waals surface area contributed by atoms with E-state index in [1.807, 2.05) is 37.3 Å². The van der Waals surface area contributed by atoms with E-state index in [0.717, 1.165) is 12.0 Å². The molecular formula is C17H17FO2. The standard InChI is InChI=1S/C17H17FO2/c1-2-10-20-14-8-9-16(18)15(12-14)17(19)11-13-6-4-3-5-7-13/h3-9,12H,2,10-11H2,1H3. The Bertz CT molecular complexity index is 579. The minimum atomic E-state index is -0.505. The van der Waals surface area contributed by atoms with Crippen molar-refractivity contribution in [1.29, 1.82) is 0 Å². The molecule has 0 aliphatic heterocycles. The normalized spacial score (nSPS) is 10.3. The lowest BCUT2D eigenvalue weighted by atomic mass is 10.0. The highest BCUT2D eigenvalue weighted by molar-refractivity contribution is 5.98. The number of benzene rings is 2. The Kier molecular flexibility index (Phi) is 4.88. The quantitative estimate of drug-likeness (QED) is 0.742. The summed E-state index contributed by atoms with van der Waals surface area (Å²) >= 11 is 0. The van der Waals surface area contributed by atoms with Crippen LogP contribution in [-0.2, 0) is 6.42 Å². The third-order valence-corrected chi connectivity index (χ3v) is 2.92.